The number of nitrogens with one attached hydrogen (secondary N) is 1. The normalized spacial score (nSPS) is 15.4. The van der Waals surface area contributed by atoms with Crippen LogP contribution >= 0.6 is 0 Å². The molecular weight excluding hydrogens is 510 g/mol. The van der Waals surface area contributed by atoms with Crippen LogP contribution in [0.15, 0.2) is 79.1 Å². The van der Waals surface area contributed by atoms with E-state index >= 15 is 0 Å². The molecule has 2 unspecified atom stereocenters. The second-order valence-corrected chi connectivity index (χ2v) is 9.59. The van der Waals surface area contributed by atoms with Crippen LogP contribution in [0.25, 0.3) is 6.08 Å². The molecule has 0 saturated heterocycles. The molecule has 2 heterocycles. The SMILES string of the molecule is COc1c(O)c(Cc2cc[nH]c2)c2c(c1OCCC(O)C=Cc1ccccc1)C(=O)CC(c1ccc(O)cc1)O2. The molecule has 0 radical (unpaired) electrons. The second-order valence-electron chi connectivity index (χ2n) is 9.59. The molecule has 0 bridgehead atoms. The Bertz CT molecular complexity index is 1480. The van der Waals surface area contributed by atoms with Crippen LogP contribution in [0.3, 0.4) is 0 Å². The fraction of sp³-hybridized carbons (Fsp3) is 0.219. The zero-order valence-corrected chi connectivity index (χ0v) is 22.0. The van der Waals surface area contributed by atoms with Crippen molar-refractivity contribution in [3.05, 3.63) is 107 Å². The van der Waals surface area contributed by atoms with Gasteiger partial charge < -0.3 is 34.5 Å². The Labute approximate surface area is 232 Å². The number of Topliss-reactive ketones (excluding diaryl/α,β-unsaturated/α-hetero) is 1. The quantitative estimate of drug-likeness (QED) is 0.207. The van der Waals surface area contributed by atoms with E-state index in [4.69, 9.17) is 14.2 Å². The Morgan fingerprint density at radius 2 is 1.85 bits per heavy atom. The lowest BCUT2D eigenvalue weighted by Gasteiger charge is -2.30. The lowest BCUT2D eigenvalue weighted by Crippen LogP contribution is -2.23. The van der Waals surface area contributed by atoms with E-state index < -0.39 is 12.2 Å². The van der Waals surface area contributed by atoms with Gasteiger partial charge in [0, 0.05) is 30.8 Å². The van der Waals surface area contributed by atoms with Crippen molar-refractivity contribution < 1.29 is 34.3 Å². The molecule has 0 aliphatic carbocycles. The number of aromatic amines is 1. The molecule has 4 N–H and O–H groups in total. The molecule has 0 amide bonds. The predicted molar refractivity (Wildman–Crippen MR) is 150 cm³/mol. The number of rotatable bonds is 10. The fourth-order valence-corrected chi connectivity index (χ4v) is 4.76. The minimum absolute atomic E-state index is 0.0358. The zero-order valence-electron chi connectivity index (χ0n) is 22.0. The number of phenols is 2. The summed E-state index contributed by atoms with van der Waals surface area (Å²) in [6, 6.07) is 18.0. The summed E-state index contributed by atoms with van der Waals surface area (Å²) >= 11 is 0. The predicted octanol–water partition coefficient (Wildman–Crippen LogP) is 5.58. The van der Waals surface area contributed by atoms with Crippen molar-refractivity contribution in [3.8, 4) is 28.7 Å². The van der Waals surface area contributed by atoms with Gasteiger partial charge in [0.1, 0.15) is 23.2 Å². The number of H-pyrrole nitrogens is 1. The third kappa shape index (κ3) is 5.82. The van der Waals surface area contributed by atoms with Gasteiger partial charge in [-0.15, -0.1) is 0 Å². The third-order valence-corrected chi connectivity index (χ3v) is 6.83. The van der Waals surface area contributed by atoms with Crippen LogP contribution in [0, 0.1) is 0 Å². The van der Waals surface area contributed by atoms with E-state index in [0.29, 0.717) is 5.56 Å². The van der Waals surface area contributed by atoms with Crippen molar-refractivity contribution in [1.82, 2.24) is 4.98 Å². The Kier molecular flexibility index (Phi) is 8.07. The molecule has 1 aromatic heterocycles. The molecule has 8 nitrogen and oxygen atoms in total. The van der Waals surface area contributed by atoms with Crippen molar-refractivity contribution >= 4 is 11.9 Å². The molecule has 0 fully saturated rings. The maximum atomic E-state index is 13.6. The molecule has 40 heavy (non-hydrogen) atoms. The van der Waals surface area contributed by atoms with E-state index in [1.54, 1.807) is 30.6 Å². The monoisotopic (exact) mass is 541 g/mol. The van der Waals surface area contributed by atoms with Gasteiger partial charge in [0.2, 0.25) is 5.75 Å². The summed E-state index contributed by atoms with van der Waals surface area (Å²) in [5.74, 6) is 0.0556. The summed E-state index contributed by atoms with van der Waals surface area (Å²) in [5.41, 5.74) is 3.16. The van der Waals surface area contributed by atoms with Crippen LogP contribution in [0.5, 0.6) is 28.7 Å². The number of fused-ring (bicyclic) bond motifs is 1. The number of ketones is 1. The van der Waals surface area contributed by atoms with Crippen LogP contribution in [-0.2, 0) is 6.42 Å². The van der Waals surface area contributed by atoms with E-state index in [1.807, 2.05) is 42.5 Å². The molecule has 1 aliphatic rings. The smallest absolute Gasteiger partial charge is 0.204 e. The van der Waals surface area contributed by atoms with E-state index in [2.05, 4.69) is 4.98 Å². The molecule has 1 aliphatic heterocycles. The van der Waals surface area contributed by atoms with E-state index in [-0.39, 0.29) is 66.0 Å². The number of carbonyl (C=O) groups is 1. The van der Waals surface area contributed by atoms with Crippen molar-refractivity contribution in [2.45, 2.75) is 31.5 Å². The Hall–Kier alpha value is -4.69. The lowest BCUT2D eigenvalue weighted by molar-refractivity contribution is 0.0836. The number of aromatic hydroxyl groups is 2. The second kappa shape index (κ2) is 12.0. The number of carbonyl (C=O) groups excluding carboxylic acids is 1. The first-order valence-corrected chi connectivity index (χ1v) is 13.0. The van der Waals surface area contributed by atoms with Crippen LogP contribution in [0.1, 0.15) is 51.6 Å². The topological polar surface area (TPSA) is 121 Å². The third-order valence-electron chi connectivity index (χ3n) is 6.83. The number of ether oxygens (including phenoxy) is 3. The van der Waals surface area contributed by atoms with Gasteiger partial charge in [-0.1, -0.05) is 54.6 Å². The van der Waals surface area contributed by atoms with Crippen LogP contribution < -0.4 is 14.2 Å². The number of hydrogen-bond acceptors (Lipinski definition) is 7. The highest BCUT2D eigenvalue weighted by Crippen LogP contribution is 2.53. The van der Waals surface area contributed by atoms with Crippen LogP contribution in [0.4, 0.5) is 0 Å². The molecule has 0 saturated carbocycles. The molecule has 5 rings (SSSR count). The average molecular weight is 542 g/mol. The molecule has 8 heteroatoms. The molecule has 206 valence electrons. The largest absolute Gasteiger partial charge is 0.508 e. The van der Waals surface area contributed by atoms with Crippen LogP contribution in [-0.4, -0.2) is 45.9 Å². The van der Waals surface area contributed by atoms with Gasteiger partial charge in [-0.2, -0.15) is 0 Å². The minimum Gasteiger partial charge on any atom is -0.508 e. The van der Waals surface area contributed by atoms with Crippen molar-refractivity contribution in [3.63, 3.8) is 0 Å². The number of aliphatic hydroxyl groups excluding tert-OH is 1. The lowest BCUT2D eigenvalue weighted by atomic mass is 9.91. The highest BCUT2D eigenvalue weighted by Gasteiger charge is 2.37. The molecular formula is C32H31NO7. The summed E-state index contributed by atoms with van der Waals surface area (Å²) in [6.07, 6.45) is 6.25. The Morgan fingerprint density at radius 3 is 2.55 bits per heavy atom. The minimum atomic E-state index is -0.783. The molecule has 3 aromatic carbocycles. The summed E-state index contributed by atoms with van der Waals surface area (Å²) in [4.78, 5) is 16.6. The van der Waals surface area contributed by atoms with Gasteiger partial charge in [0.25, 0.3) is 0 Å². The van der Waals surface area contributed by atoms with Gasteiger partial charge in [-0.25, -0.2) is 0 Å². The number of phenolic OH excluding ortho intramolecular Hbond substituents is 2. The molecule has 2 atom stereocenters. The van der Waals surface area contributed by atoms with Crippen molar-refractivity contribution in [2.75, 3.05) is 13.7 Å². The van der Waals surface area contributed by atoms with Gasteiger partial charge in [-0.3, -0.25) is 4.79 Å². The number of benzene rings is 3. The van der Waals surface area contributed by atoms with Crippen molar-refractivity contribution in [2.24, 2.45) is 0 Å². The first kappa shape index (κ1) is 26.9. The Morgan fingerprint density at radius 1 is 1.07 bits per heavy atom. The summed E-state index contributed by atoms with van der Waals surface area (Å²) in [5, 5.41) is 31.5. The summed E-state index contributed by atoms with van der Waals surface area (Å²) < 4.78 is 17.9. The van der Waals surface area contributed by atoms with Crippen molar-refractivity contribution in [1.29, 1.82) is 0 Å². The number of methoxy groups -OCH3 is 1. The number of hydrogen-bond donors (Lipinski definition) is 4. The summed E-state index contributed by atoms with van der Waals surface area (Å²) in [6.45, 7) is 0.0639. The fourth-order valence-electron chi connectivity index (χ4n) is 4.76. The van der Waals surface area contributed by atoms with Gasteiger partial charge in [0.05, 0.1) is 26.2 Å². The Balaban J connectivity index is 1.46. The summed E-state index contributed by atoms with van der Waals surface area (Å²) in [7, 11) is 1.40. The zero-order chi connectivity index (χ0) is 28.1. The molecule has 4 aromatic rings. The van der Waals surface area contributed by atoms with Gasteiger partial charge in [0.15, 0.2) is 17.3 Å². The first-order chi connectivity index (χ1) is 19.4. The standard InChI is InChI=1S/C32H31NO7/c1-38-32-29(37)25(17-21-13-15-33-19-21)30-28(26(36)18-27(40-30)22-8-11-23(34)12-9-22)31(32)39-16-14-24(35)10-7-20-5-3-2-4-6-20/h2-13,15,19,24,27,33-35,37H,14,16-18H2,1H3. The van der Waals surface area contributed by atoms with E-state index in [0.717, 1.165) is 16.7 Å². The van der Waals surface area contributed by atoms with E-state index in [1.165, 1.54) is 19.2 Å². The average Bonchev–Trinajstić information content (AvgIpc) is 3.48. The first-order valence-electron chi connectivity index (χ1n) is 13.0. The maximum Gasteiger partial charge on any atom is 0.204 e. The van der Waals surface area contributed by atoms with Gasteiger partial charge >= 0.3 is 0 Å². The highest BCUT2D eigenvalue weighted by atomic mass is 16.5. The highest BCUT2D eigenvalue weighted by molar-refractivity contribution is 6.04. The van der Waals surface area contributed by atoms with Crippen LogP contribution in [0.2, 0.25) is 0 Å². The van der Waals surface area contributed by atoms with Gasteiger partial charge in [-0.05, 0) is 34.9 Å². The molecule has 0 spiro atoms. The number of aromatic nitrogens is 1. The maximum absolute atomic E-state index is 13.6. The van der Waals surface area contributed by atoms with E-state index in [9.17, 15) is 20.1 Å². The number of aliphatic hydroxyl groups is 1.